The molecule has 0 N–H and O–H groups in total. The lowest BCUT2D eigenvalue weighted by Crippen LogP contribution is -1.72. The van der Waals surface area contributed by atoms with Crippen molar-refractivity contribution in [2.24, 2.45) is 0 Å². The second-order valence-corrected chi connectivity index (χ2v) is 5.93. The number of fused-ring (bicyclic) bond motifs is 1. The highest BCUT2D eigenvalue weighted by atomic mass is 35.5. The van der Waals surface area contributed by atoms with Crippen LogP contribution in [0.2, 0.25) is 5.02 Å². The minimum atomic E-state index is 0.866. The van der Waals surface area contributed by atoms with Gasteiger partial charge in [-0.2, -0.15) is 0 Å². The summed E-state index contributed by atoms with van der Waals surface area (Å²) >= 11 is 8.23. The normalized spacial score (nSPS) is 11.5. The summed E-state index contributed by atoms with van der Waals surface area (Å²) in [6, 6.07) is 16.6. The Morgan fingerprint density at radius 2 is 1.74 bits per heavy atom. The van der Waals surface area contributed by atoms with E-state index >= 15 is 0 Å². The minimum absolute atomic E-state index is 0.866. The molecule has 0 unspecified atom stereocenters. The van der Waals surface area contributed by atoms with Crippen molar-refractivity contribution < 1.29 is 0 Å². The van der Waals surface area contributed by atoms with Crippen LogP contribution in [-0.4, -0.2) is 0 Å². The van der Waals surface area contributed by atoms with Gasteiger partial charge in [0, 0.05) is 15.0 Å². The predicted molar refractivity (Wildman–Crippen MR) is 86.9 cm³/mol. The van der Waals surface area contributed by atoms with Gasteiger partial charge in [0.15, 0.2) is 0 Å². The summed E-state index contributed by atoms with van der Waals surface area (Å²) in [5.74, 6) is 0. The molecule has 3 aromatic rings. The maximum absolute atomic E-state index is 6.49. The molecule has 1 aromatic heterocycles. The molecule has 94 valence electrons. The fourth-order valence-electron chi connectivity index (χ4n) is 2.14. The standard InChI is InChI=1S/C17H13ClS/c1-12-6-5-9-14-16(12)17(18)15(19-14)11-10-13-7-3-2-4-8-13/h2-11H,1H3. The minimum Gasteiger partial charge on any atom is -0.134 e. The first-order valence-corrected chi connectivity index (χ1v) is 7.36. The zero-order valence-electron chi connectivity index (χ0n) is 10.6. The molecule has 0 aliphatic carbocycles. The van der Waals surface area contributed by atoms with E-state index in [-0.39, 0.29) is 0 Å². The summed E-state index contributed by atoms with van der Waals surface area (Å²) in [5, 5.41) is 2.05. The predicted octanol–water partition coefficient (Wildman–Crippen LogP) is 6.03. The van der Waals surface area contributed by atoms with Crippen molar-refractivity contribution in [3.05, 3.63) is 69.6 Å². The van der Waals surface area contributed by atoms with Crippen LogP contribution >= 0.6 is 22.9 Å². The molecule has 0 fully saturated rings. The monoisotopic (exact) mass is 284 g/mol. The average Bonchev–Trinajstić information content (AvgIpc) is 2.76. The molecule has 0 bridgehead atoms. The van der Waals surface area contributed by atoms with E-state index in [9.17, 15) is 0 Å². The molecular formula is C17H13ClS. The van der Waals surface area contributed by atoms with E-state index < -0.39 is 0 Å². The Hall–Kier alpha value is -1.57. The van der Waals surface area contributed by atoms with Gasteiger partial charge in [0.1, 0.15) is 0 Å². The van der Waals surface area contributed by atoms with Gasteiger partial charge in [-0.25, -0.2) is 0 Å². The van der Waals surface area contributed by atoms with Crippen molar-refractivity contribution >= 4 is 45.2 Å². The van der Waals surface area contributed by atoms with Gasteiger partial charge in [0.25, 0.3) is 0 Å². The van der Waals surface area contributed by atoms with Gasteiger partial charge in [-0.1, -0.05) is 60.1 Å². The molecule has 0 saturated heterocycles. The Kier molecular flexibility index (Phi) is 3.41. The second kappa shape index (κ2) is 5.20. The first kappa shape index (κ1) is 12.5. The van der Waals surface area contributed by atoms with Crippen LogP contribution in [0.4, 0.5) is 0 Å². The molecule has 1 heterocycles. The van der Waals surface area contributed by atoms with E-state index in [1.165, 1.54) is 21.2 Å². The molecule has 19 heavy (non-hydrogen) atoms. The molecule has 3 rings (SSSR count). The third-order valence-corrected chi connectivity index (χ3v) is 4.74. The van der Waals surface area contributed by atoms with Gasteiger partial charge in [-0.15, -0.1) is 11.3 Å². The smallest absolute Gasteiger partial charge is 0.0667 e. The average molecular weight is 285 g/mol. The SMILES string of the molecule is Cc1cccc2sc(C=Cc3ccccc3)c(Cl)c12. The molecular weight excluding hydrogens is 272 g/mol. The molecule has 0 atom stereocenters. The highest BCUT2D eigenvalue weighted by Crippen LogP contribution is 2.38. The summed E-state index contributed by atoms with van der Waals surface area (Å²) in [6.07, 6.45) is 4.20. The number of rotatable bonds is 2. The van der Waals surface area contributed by atoms with Crippen molar-refractivity contribution in [1.82, 2.24) is 0 Å². The van der Waals surface area contributed by atoms with Crippen LogP contribution in [0.15, 0.2) is 48.5 Å². The Bertz CT molecular complexity index is 739. The number of hydrogen-bond donors (Lipinski definition) is 0. The van der Waals surface area contributed by atoms with E-state index in [2.05, 4.69) is 49.4 Å². The van der Waals surface area contributed by atoms with Gasteiger partial charge >= 0.3 is 0 Å². The molecule has 0 spiro atoms. The number of benzene rings is 2. The molecule has 0 nitrogen and oxygen atoms in total. The summed E-state index contributed by atoms with van der Waals surface area (Å²) < 4.78 is 1.25. The zero-order chi connectivity index (χ0) is 13.2. The van der Waals surface area contributed by atoms with Crippen LogP contribution in [-0.2, 0) is 0 Å². The van der Waals surface area contributed by atoms with Crippen LogP contribution in [0.5, 0.6) is 0 Å². The summed E-state index contributed by atoms with van der Waals surface area (Å²) in [7, 11) is 0. The fourth-order valence-corrected chi connectivity index (χ4v) is 3.70. The van der Waals surface area contributed by atoms with E-state index in [4.69, 9.17) is 11.6 Å². The molecule has 2 aromatic carbocycles. The summed E-state index contributed by atoms with van der Waals surface area (Å²) in [5.41, 5.74) is 2.42. The highest BCUT2D eigenvalue weighted by molar-refractivity contribution is 7.20. The third kappa shape index (κ3) is 2.44. The first-order chi connectivity index (χ1) is 9.25. The van der Waals surface area contributed by atoms with Crippen LogP contribution in [0.25, 0.3) is 22.2 Å². The molecule has 2 heteroatoms. The second-order valence-electron chi connectivity index (χ2n) is 4.47. The molecule has 0 saturated carbocycles. The fraction of sp³-hybridized carbons (Fsp3) is 0.0588. The lowest BCUT2D eigenvalue weighted by Gasteiger charge is -1.95. The largest absolute Gasteiger partial charge is 0.134 e. The number of aryl methyl sites for hydroxylation is 1. The van der Waals surface area contributed by atoms with E-state index in [1.807, 2.05) is 18.2 Å². The number of halogens is 1. The number of thiophene rings is 1. The van der Waals surface area contributed by atoms with E-state index in [0.717, 1.165) is 9.90 Å². The van der Waals surface area contributed by atoms with Crippen LogP contribution in [0.3, 0.4) is 0 Å². The molecule has 0 amide bonds. The topological polar surface area (TPSA) is 0 Å². The van der Waals surface area contributed by atoms with Crippen LogP contribution in [0.1, 0.15) is 16.0 Å². The zero-order valence-corrected chi connectivity index (χ0v) is 12.1. The maximum atomic E-state index is 6.49. The summed E-state index contributed by atoms with van der Waals surface area (Å²) in [6.45, 7) is 2.10. The molecule has 0 radical (unpaired) electrons. The van der Waals surface area contributed by atoms with Gasteiger partial charge in [-0.3, -0.25) is 0 Å². The van der Waals surface area contributed by atoms with Crippen molar-refractivity contribution in [2.75, 3.05) is 0 Å². The van der Waals surface area contributed by atoms with Gasteiger partial charge in [0.05, 0.1) is 5.02 Å². The van der Waals surface area contributed by atoms with Gasteiger partial charge < -0.3 is 0 Å². The quantitative estimate of drug-likeness (QED) is 0.539. The lowest BCUT2D eigenvalue weighted by atomic mass is 10.1. The van der Waals surface area contributed by atoms with Crippen LogP contribution < -0.4 is 0 Å². The van der Waals surface area contributed by atoms with Crippen LogP contribution in [0, 0.1) is 6.92 Å². The van der Waals surface area contributed by atoms with Crippen molar-refractivity contribution in [3.8, 4) is 0 Å². The van der Waals surface area contributed by atoms with E-state index in [0.29, 0.717) is 0 Å². The third-order valence-electron chi connectivity index (χ3n) is 3.12. The van der Waals surface area contributed by atoms with E-state index in [1.54, 1.807) is 11.3 Å². The Morgan fingerprint density at radius 3 is 2.47 bits per heavy atom. The summed E-state index contributed by atoms with van der Waals surface area (Å²) in [4.78, 5) is 1.12. The molecule has 0 aliphatic rings. The first-order valence-electron chi connectivity index (χ1n) is 6.16. The van der Waals surface area contributed by atoms with Gasteiger partial charge in [0.2, 0.25) is 0 Å². The Balaban J connectivity index is 2.05. The van der Waals surface area contributed by atoms with Crippen molar-refractivity contribution in [3.63, 3.8) is 0 Å². The lowest BCUT2D eigenvalue weighted by molar-refractivity contribution is 1.55. The highest BCUT2D eigenvalue weighted by Gasteiger charge is 2.09. The maximum Gasteiger partial charge on any atom is 0.0667 e. The van der Waals surface area contributed by atoms with Gasteiger partial charge in [-0.05, 0) is 30.2 Å². The molecule has 0 aliphatic heterocycles. The van der Waals surface area contributed by atoms with Crippen molar-refractivity contribution in [1.29, 1.82) is 0 Å². The Labute approximate surface area is 122 Å². The van der Waals surface area contributed by atoms with Crippen molar-refractivity contribution in [2.45, 2.75) is 6.92 Å². The number of hydrogen-bond acceptors (Lipinski definition) is 1. The Morgan fingerprint density at radius 1 is 0.947 bits per heavy atom.